The highest BCUT2D eigenvalue weighted by atomic mass is 16.2. The van der Waals surface area contributed by atoms with Crippen molar-refractivity contribution >= 4 is 17.7 Å². The first-order chi connectivity index (χ1) is 10.1. The zero-order valence-corrected chi connectivity index (χ0v) is 11.9. The third kappa shape index (κ3) is 3.90. The predicted molar refractivity (Wildman–Crippen MR) is 83.4 cm³/mol. The lowest BCUT2D eigenvalue weighted by atomic mass is 10.1. The molecule has 0 N–H and O–H groups in total. The SMILES string of the molecule is C=C(C#N)N=CC(=C)c1ccc(CN2CCCC2=O)cc1. The van der Waals surface area contributed by atoms with Crippen LogP contribution in [0.15, 0.2) is 48.1 Å². The second-order valence-electron chi connectivity index (χ2n) is 4.96. The van der Waals surface area contributed by atoms with E-state index < -0.39 is 0 Å². The number of hydrogen-bond acceptors (Lipinski definition) is 3. The van der Waals surface area contributed by atoms with Gasteiger partial charge in [0.05, 0.1) is 0 Å². The Morgan fingerprint density at radius 2 is 2.10 bits per heavy atom. The Balaban J connectivity index is 2.00. The highest BCUT2D eigenvalue weighted by Gasteiger charge is 2.19. The van der Waals surface area contributed by atoms with Gasteiger partial charge in [0.15, 0.2) is 0 Å². The van der Waals surface area contributed by atoms with Crippen molar-refractivity contribution < 1.29 is 4.79 Å². The number of amides is 1. The maximum atomic E-state index is 11.6. The van der Waals surface area contributed by atoms with E-state index in [2.05, 4.69) is 18.2 Å². The molecule has 1 amide bonds. The molecule has 0 unspecified atom stereocenters. The van der Waals surface area contributed by atoms with Crippen LogP contribution in [0.3, 0.4) is 0 Å². The van der Waals surface area contributed by atoms with Gasteiger partial charge in [0.25, 0.3) is 0 Å². The predicted octanol–water partition coefficient (Wildman–Crippen LogP) is 2.93. The molecule has 0 saturated carbocycles. The number of allylic oxidation sites excluding steroid dienone is 2. The van der Waals surface area contributed by atoms with Crippen molar-refractivity contribution in [3.05, 3.63) is 54.2 Å². The van der Waals surface area contributed by atoms with Crippen LogP contribution in [0, 0.1) is 11.3 Å². The molecule has 2 rings (SSSR count). The Morgan fingerprint density at radius 3 is 2.67 bits per heavy atom. The zero-order valence-electron chi connectivity index (χ0n) is 11.9. The fraction of sp³-hybridized carbons (Fsp3) is 0.235. The molecular weight excluding hydrogens is 262 g/mol. The first-order valence-electron chi connectivity index (χ1n) is 6.79. The number of carbonyl (C=O) groups excluding carboxylic acids is 1. The second-order valence-corrected chi connectivity index (χ2v) is 4.96. The van der Waals surface area contributed by atoms with Crippen LogP contribution in [0.5, 0.6) is 0 Å². The molecule has 0 aromatic heterocycles. The molecule has 0 atom stereocenters. The second kappa shape index (κ2) is 6.67. The topological polar surface area (TPSA) is 56.5 Å². The number of benzene rings is 1. The highest BCUT2D eigenvalue weighted by Crippen LogP contribution is 2.17. The Labute approximate surface area is 124 Å². The van der Waals surface area contributed by atoms with E-state index in [9.17, 15) is 4.79 Å². The van der Waals surface area contributed by atoms with Gasteiger partial charge in [-0.05, 0) is 23.1 Å². The van der Waals surface area contributed by atoms with E-state index in [-0.39, 0.29) is 11.6 Å². The molecule has 4 heteroatoms. The highest BCUT2D eigenvalue weighted by molar-refractivity contribution is 6.09. The van der Waals surface area contributed by atoms with Crippen LogP contribution in [0.25, 0.3) is 5.57 Å². The summed E-state index contributed by atoms with van der Waals surface area (Å²) in [6.45, 7) is 8.89. The minimum absolute atomic E-state index is 0.153. The van der Waals surface area contributed by atoms with E-state index in [4.69, 9.17) is 5.26 Å². The average Bonchev–Trinajstić information content (AvgIpc) is 2.90. The number of rotatable bonds is 5. The lowest BCUT2D eigenvalue weighted by Gasteiger charge is -2.15. The number of nitrogens with zero attached hydrogens (tertiary/aromatic N) is 3. The van der Waals surface area contributed by atoms with Gasteiger partial charge < -0.3 is 4.90 Å². The molecule has 1 aliphatic rings. The number of carbonyl (C=O) groups is 1. The molecule has 1 aromatic carbocycles. The molecule has 1 aliphatic heterocycles. The van der Waals surface area contributed by atoms with Crippen molar-refractivity contribution in [1.29, 1.82) is 5.26 Å². The van der Waals surface area contributed by atoms with Gasteiger partial charge in [-0.25, -0.2) is 4.99 Å². The molecule has 106 valence electrons. The minimum Gasteiger partial charge on any atom is -0.338 e. The van der Waals surface area contributed by atoms with Crippen molar-refractivity contribution in [2.24, 2.45) is 4.99 Å². The Kier molecular flexibility index (Phi) is 4.68. The van der Waals surface area contributed by atoms with Crippen LogP contribution in [-0.2, 0) is 11.3 Å². The molecular formula is C17H17N3O. The summed E-state index contributed by atoms with van der Waals surface area (Å²) in [4.78, 5) is 17.4. The van der Waals surface area contributed by atoms with Gasteiger partial charge in [0, 0.05) is 25.7 Å². The van der Waals surface area contributed by atoms with Crippen LogP contribution in [0.4, 0.5) is 0 Å². The van der Waals surface area contributed by atoms with Crippen molar-refractivity contribution in [2.75, 3.05) is 6.54 Å². The van der Waals surface area contributed by atoms with E-state index in [1.54, 1.807) is 0 Å². The van der Waals surface area contributed by atoms with E-state index in [1.165, 1.54) is 6.21 Å². The monoisotopic (exact) mass is 279 g/mol. The van der Waals surface area contributed by atoms with Gasteiger partial charge in [0.2, 0.25) is 5.91 Å². The summed E-state index contributed by atoms with van der Waals surface area (Å²) in [5.41, 5.74) is 2.90. The van der Waals surface area contributed by atoms with Crippen LogP contribution >= 0.6 is 0 Å². The summed E-state index contributed by atoms with van der Waals surface area (Å²) in [5.74, 6) is 0.227. The molecule has 1 aromatic rings. The van der Waals surface area contributed by atoms with Gasteiger partial charge in [0.1, 0.15) is 11.8 Å². The van der Waals surface area contributed by atoms with Crippen LogP contribution in [0.1, 0.15) is 24.0 Å². The lowest BCUT2D eigenvalue weighted by molar-refractivity contribution is -0.128. The molecule has 0 spiro atoms. The molecule has 1 saturated heterocycles. The van der Waals surface area contributed by atoms with Crippen molar-refractivity contribution in [3.63, 3.8) is 0 Å². The lowest BCUT2D eigenvalue weighted by Crippen LogP contribution is -2.23. The first kappa shape index (κ1) is 14.7. The van der Waals surface area contributed by atoms with Crippen molar-refractivity contribution in [2.45, 2.75) is 19.4 Å². The fourth-order valence-corrected chi connectivity index (χ4v) is 2.18. The molecule has 1 fully saturated rings. The number of nitriles is 1. The Hall–Kier alpha value is -2.67. The Bertz CT molecular complexity index is 635. The molecule has 4 nitrogen and oxygen atoms in total. The van der Waals surface area contributed by atoms with Crippen LogP contribution in [-0.4, -0.2) is 23.6 Å². The van der Waals surface area contributed by atoms with Gasteiger partial charge in [-0.15, -0.1) is 0 Å². The van der Waals surface area contributed by atoms with Crippen LogP contribution < -0.4 is 0 Å². The number of likely N-dealkylation sites (tertiary alicyclic amines) is 1. The summed E-state index contributed by atoms with van der Waals surface area (Å²) in [6.07, 6.45) is 3.14. The van der Waals surface area contributed by atoms with Gasteiger partial charge in [-0.1, -0.05) is 37.4 Å². The van der Waals surface area contributed by atoms with E-state index >= 15 is 0 Å². The van der Waals surface area contributed by atoms with Crippen molar-refractivity contribution in [3.8, 4) is 6.07 Å². The minimum atomic E-state index is 0.153. The maximum Gasteiger partial charge on any atom is 0.222 e. The average molecular weight is 279 g/mol. The normalized spacial score (nSPS) is 14.4. The summed E-state index contributed by atoms with van der Waals surface area (Å²) in [5, 5.41) is 8.59. The van der Waals surface area contributed by atoms with E-state index in [0.29, 0.717) is 13.0 Å². The number of hydrogen-bond donors (Lipinski definition) is 0. The largest absolute Gasteiger partial charge is 0.338 e. The third-order valence-corrected chi connectivity index (χ3v) is 3.37. The quantitative estimate of drug-likeness (QED) is 0.614. The maximum absolute atomic E-state index is 11.6. The van der Waals surface area contributed by atoms with Gasteiger partial charge in [-0.2, -0.15) is 5.26 Å². The third-order valence-electron chi connectivity index (χ3n) is 3.37. The molecule has 0 radical (unpaired) electrons. The number of aliphatic imine (C=N–C) groups is 1. The molecule has 0 bridgehead atoms. The molecule has 21 heavy (non-hydrogen) atoms. The Morgan fingerprint density at radius 1 is 1.38 bits per heavy atom. The molecule has 0 aliphatic carbocycles. The zero-order chi connectivity index (χ0) is 15.2. The molecule has 1 heterocycles. The fourth-order valence-electron chi connectivity index (χ4n) is 2.18. The standard InChI is InChI=1S/C17H17N3O/c1-13(11-19-14(2)10-18)16-7-5-15(6-8-16)12-20-9-3-4-17(20)21/h5-8,11H,1-4,9,12H2. The summed E-state index contributed by atoms with van der Waals surface area (Å²) in [6, 6.07) is 9.71. The van der Waals surface area contributed by atoms with Gasteiger partial charge in [-0.3, -0.25) is 4.79 Å². The van der Waals surface area contributed by atoms with Gasteiger partial charge >= 0.3 is 0 Å². The summed E-state index contributed by atoms with van der Waals surface area (Å²) in [7, 11) is 0. The smallest absolute Gasteiger partial charge is 0.222 e. The summed E-state index contributed by atoms with van der Waals surface area (Å²) < 4.78 is 0. The van der Waals surface area contributed by atoms with E-state index in [1.807, 2.05) is 35.2 Å². The van der Waals surface area contributed by atoms with E-state index in [0.717, 1.165) is 29.7 Å². The summed E-state index contributed by atoms with van der Waals surface area (Å²) >= 11 is 0. The van der Waals surface area contributed by atoms with Crippen LogP contribution in [0.2, 0.25) is 0 Å². The van der Waals surface area contributed by atoms with Crippen molar-refractivity contribution in [1.82, 2.24) is 4.90 Å². The first-order valence-corrected chi connectivity index (χ1v) is 6.79.